The van der Waals surface area contributed by atoms with E-state index in [0.717, 1.165) is 0 Å². The van der Waals surface area contributed by atoms with E-state index in [-0.39, 0.29) is 0 Å². The molecule has 0 amide bonds. The van der Waals surface area contributed by atoms with E-state index in [4.69, 9.17) is 5.11 Å². The molecule has 7 heteroatoms. The average Bonchev–Trinajstić information content (AvgIpc) is 1.78. The Kier molecular flexibility index (Phi) is 3.77. The third-order valence-corrected chi connectivity index (χ3v) is 2.87. The van der Waals surface area contributed by atoms with Crippen LogP contribution in [0.2, 0.25) is 0 Å². The Bertz CT molecular complexity index is 277. The van der Waals surface area contributed by atoms with Gasteiger partial charge < -0.3 is 5.11 Å². The molecule has 0 saturated heterocycles. The maximum atomic E-state index is 12.2. The molecule has 0 unspecified atom stereocenters. The van der Waals surface area contributed by atoms with Gasteiger partial charge in [0.05, 0.1) is 12.2 Å². The number of halogens is 2. The van der Waals surface area contributed by atoms with Crippen LogP contribution in [0.25, 0.3) is 0 Å². The number of hydrogen-bond donors (Lipinski definition) is 1. The van der Waals surface area contributed by atoms with Gasteiger partial charge in [-0.2, -0.15) is 0 Å². The number of sulfone groups is 1. The van der Waals surface area contributed by atoms with Gasteiger partial charge >= 0.3 is 5.97 Å². The van der Waals surface area contributed by atoms with Crippen molar-refractivity contribution in [3.63, 3.8) is 0 Å². The minimum absolute atomic E-state index is 0.477. The highest BCUT2D eigenvalue weighted by atomic mass is 32.2. The van der Waals surface area contributed by atoms with E-state index < -0.39 is 39.7 Å². The monoisotopic (exact) mass is 216 g/mol. The summed E-state index contributed by atoms with van der Waals surface area (Å²) in [7, 11) is -3.97. The summed E-state index contributed by atoms with van der Waals surface area (Å²) >= 11 is 0. The molecule has 1 N–H and O–H groups in total. The van der Waals surface area contributed by atoms with Crippen molar-refractivity contribution in [3.05, 3.63) is 0 Å². The van der Waals surface area contributed by atoms with Crippen LogP contribution in [0.1, 0.15) is 13.3 Å². The first-order chi connectivity index (χ1) is 5.62. The van der Waals surface area contributed by atoms with Crippen molar-refractivity contribution in [1.82, 2.24) is 0 Å². The summed E-state index contributed by atoms with van der Waals surface area (Å²) in [5.41, 5.74) is 0. The summed E-state index contributed by atoms with van der Waals surface area (Å²) in [6.45, 7) is 0.477. The van der Waals surface area contributed by atoms with Crippen molar-refractivity contribution in [3.8, 4) is 0 Å². The molecule has 0 aliphatic carbocycles. The van der Waals surface area contributed by atoms with Crippen molar-refractivity contribution in [2.45, 2.75) is 19.3 Å². The Hall–Kier alpha value is -0.720. The van der Waals surface area contributed by atoms with Gasteiger partial charge in [0, 0.05) is 6.92 Å². The van der Waals surface area contributed by atoms with Crippen molar-refractivity contribution in [2.75, 3.05) is 11.5 Å². The van der Waals surface area contributed by atoms with E-state index >= 15 is 0 Å². The molecule has 4 nitrogen and oxygen atoms in total. The first kappa shape index (κ1) is 12.3. The minimum atomic E-state index is -3.97. The summed E-state index contributed by atoms with van der Waals surface area (Å²) in [5, 5.41) is 8.12. The molecule has 0 radical (unpaired) electrons. The Labute approximate surface area is 74.5 Å². The van der Waals surface area contributed by atoms with Crippen molar-refractivity contribution in [1.29, 1.82) is 0 Å². The quantitative estimate of drug-likeness (QED) is 0.727. The molecule has 0 heterocycles. The molecule has 0 aliphatic rings. The molecule has 0 atom stereocenters. The van der Waals surface area contributed by atoms with E-state index in [2.05, 4.69) is 0 Å². The normalized spacial score (nSPS) is 12.8. The Morgan fingerprint density at radius 1 is 1.46 bits per heavy atom. The molecule has 0 fully saturated rings. The lowest BCUT2D eigenvalue weighted by Crippen LogP contribution is -2.26. The second-order valence-electron chi connectivity index (χ2n) is 2.81. The molecule has 0 aromatic carbocycles. The number of aliphatic carboxylic acids is 1. The summed E-state index contributed by atoms with van der Waals surface area (Å²) in [4.78, 5) is 9.96. The maximum Gasteiger partial charge on any atom is 0.304 e. The highest BCUT2D eigenvalue weighted by Crippen LogP contribution is 2.15. The van der Waals surface area contributed by atoms with Crippen molar-refractivity contribution >= 4 is 15.8 Å². The van der Waals surface area contributed by atoms with E-state index in [1.807, 2.05) is 0 Å². The average molecular weight is 216 g/mol. The first-order valence-corrected chi connectivity index (χ1v) is 5.24. The zero-order valence-corrected chi connectivity index (χ0v) is 7.77. The zero-order valence-electron chi connectivity index (χ0n) is 6.96. The number of carboxylic acids is 1. The van der Waals surface area contributed by atoms with Gasteiger partial charge in [0.1, 0.15) is 5.75 Å². The van der Waals surface area contributed by atoms with E-state index in [1.165, 1.54) is 0 Å². The van der Waals surface area contributed by atoms with Crippen LogP contribution in [-0.4, -0.2) is 36.9 Å². The van der Waals surface area contributed by atoms with Crippen LogP contribution in [0.15, 0.2) is 0 Å². The highest BCUT2D eigenvalue weighted by Gasteiger charge is 2.29. The number of alkyl halides is 2. The fourth-order valence-electron chi connectivity index (χ4n) is 0.701. The third-order valence-electron chi connectivity index (χ3n) is 1.10. The maximum absolute atomic E-state index is 12.2. The SMILES string of the molecule is CC(F)(F)CS(=O)(=O)CCC(=O)O. The summed E-state index contributed by atoms with van der Waals surface area (Å²) in [6.07, 6.45) is -0.640. The Balaban J connectivity index is 4.19. The lowest BCUT2D eigenvalue weighted by Gasteiger charge is -2.09. The predicted octanol–water partition coefficient (Wildman–Crippen LogP) is 0.531. The van der Waals surface area contributed by atoms with E-state index in [1.54, 1.807) is 0 Å². The van der Waals surface area contributed by atoms with Crippen LogP contribution in [0.5, 0.6) is 0 Å². The van der Waals surface area contributed by atoms with Crippen molar-refractivity contribution < 1.29 is 27.1 Å². The topological polar surface area (TPSA) is 71.4 Å². The van der Waals surface area contributed by atoms with Crippen molar-refractivity contribution in [2.24, 2.45) is 0 Å². The van der Waals surface area contributed by atoms with Gasteiger partial charge in [-0.05, 0) is 0 Å². The molecule has 0 saturated carbocycles. The second-order valence-corrected chi connectivity index (χ2v) is 4.99. The van der Waals surface area contributed by atoms with E-state index in [0.29, 0.717) is 6.92 Å². The number of rotatable bonds is 5. The predicted molar refractivity (Wildman–Crippen MR) is 41.5 cm³/mol. The number of carbonyl (C=O) groups is 1. The standard InChI is InChI=1S/C6H10F2O4S/c1-6(7,8)4-13(11,12)3-2-5(9)10/h2-4H2,1H3,(H,9,10). The molecule has 0 spiro atoms. The molecular formula is C6H10F2O4S. The Morgan fingerprint density at radius 3 is 2.23 bits per heavy atom. The molecule has 13 heavy (non-hydrogen) atoms. The largest absolute Gasteiger partial charge is 0.481 e. The summed E-state index contributed by atoms with van der Waals surface area (Å²) in [6, 6.07) is 0. The lowest BCUT2D eigenvalue weighted by molar-refractivity contribution is -0.136. The minimum Gasteiger partial charge on any atom is -0.481 e. The van der Waals surface area contributed by atoms with Gasteiger partial charge in [0.2, 0.25) is 0 Å². The highest BCUT2D eigenvalue weighted by molar-refractivity contribution is 7.91. The number of hydrogen-bond acceptors (Lipinski definition) is 3. The van der Waals surface area contributed by atoms with Gasteiger partial charge in [0.15, 0.2) is 9.84 Å². The molecule has 0 aliphatic heterocycles. The lowest BCUT2D eigenvalue weighted by atomic mass is 10.5. The van der Waals surface area contributed by atoms with Crippen LogP contribution >= 0.6 is 0 Å². The second kappa shape index (κ2) is 3.99. The van der Waals surface area contributed by atoms with Crippen LogP contribution in [-0.2, 0) is 14.6 Å². The third kappa shape index (κ3) is 7.63. The molecule has 0 aromatic rings. The van der Waals surface area contributed by atoms with Crippen LogP contribution in [0, 0.1) is 0 Å². The van der Waals surface area contributed by atoms with Gasteiger partial charge in [-0.3, -0.25) is 4.79 Å². The fourth-order valence-corrected chi connectivity index (χ4v) is 2.10. The zero-order chi connectivity index (χ0) is 10.7. The fraction of sp³-hybridized carbons (Fsp3) is 0.833. The molecule has 78 valence electrons. The molecular weight excluding hydrogens is 206 g/mol. The van der Waals surface area contributed by atoms with Gasteiger partial charge in [-0.1, -0.05) is 0 Å². The van der Waals surface area contributed by atoms with Crippen LogP contribution in [0.3, 0.4) is 0 Å². The molecule has 0 bridgehead atoms. The first-order valence-electron chi connectivity index (χ1n) is 3.42. The summed E-state index contributed by atoms with van der Waals surface area (Å²) < 4.78 is 46.0. The van der Waals surface area contributed by atoms with E-state index in [9.17, 15) is 22.0 Å². The number of carboxylic acid groups (broad SMARTS) is 1. The Morgan fingerprint density at radius 2 is 1.92 bits per heavy atom. The van der Waals surface area contributed by atoms with Gasteiger partial charge in [0.25, 0.3) is 5.92 Å². The van der Waals surface area contributed by atoms with Gasteiger partial charge in [-0.25, -0.2) is 17.2 Å². The summed E-state index contributed by atoms with van der Waals surface area (Å²) in [5.74, 6) is -6.67. The van der Waals surface area contributed by atoms with Crippen LogP contribution < -0.4 is 0 Å². The molecule has 0 rings (SSSR count). The molecule has 0 aromatic heterocycles. The van der Waals surface area contributed by atoms with Crippen LogP contribution in [0.4, 0.5) is 8.78 Å². The smallest absolute Gasteiger partial charge is 0.304 e. The van der Waals surface area contributed by atoms with Gasteiger partial charge in [-0.15, -0.1) is 0 Å².